The summed E-state index contributed by atoms with van der Waals surface area (Å²) in [6, 6.07) is 68.5. The van der Waals surface area contributed by atoms with Crippen LogP contribution in [0.3, 0.4) is 0 Å². The first kappa shape index (κ1) is 29.8. The molecule has 2 nitrogen and oxygen atoms in total. The van der Waals surface area contributed by atoms with Crippen molar-refractivity contribution in [2.24, 2.45) is 0 Å². The molecule has 0 saturated heterocycles. The summed E-state index contributed by atoms with van der Waals surface area (Å²) in [7, 11) is 0. The topological polar surface area (TPSA) is 25.8 Å². The minimum Gasteiger partial charge on any atom is -0.255 e. The molecule has 0 N–H and O–H groups in total. The number of fused-ring (bicyclic) bond motifs is 11. The third kappa shape index (κ3) is 4.33. The highest BCUT2D eigenvalue weighted by atomic mass is 14.8. The van der Waals surface area contributed by atoms with Crippen LogP contribution in [0, 0.1) is 0 Å². The summed E-state index contributed by atoms with van der Waals surface area (Å²) in [6.45, 7) is 0. The molecule has 11 rings (SSSR count). The summed E-state index contributed by atoms with van der Waals surface area (Å²) in [4.78, 5) is 9.55. The van der Waals surface area contributed by atoms with Crippen LogP contribution in [0.15, 0.2) is 194 Å². The highest BCUT2D eigenvalue weighted by molar-refractivity contribution is 6.00. The van der Waals surface area contributed by atoms with Crippen molar-refractivity contribution >= 4 is 10.9 Å². The first-order valence-electron chi connectivity index (χ1n) is 18.2. The van der Waals surface area contributed by atoms with E-state index in [2.05, 4.69) is 169 Å². The average molecular weight is 673 g/mol. The zero-order valence-electron chi connectivity index (χ0n) is 28.9. The van der Waals surface area contributed by atoms with E-state index in [1.54, 1.807) is 0 Å². The van der Waals surface area contributed by atoms with Crippen LogP contribution in [0.25, 0.3) is 77.9 Å². The van der Waals surface area contributed by atoms with E-state index in [4.69, 9.17) is 4.98 Å². The minimum atomic E-state index is -0.351. The molecular weight excluding hydrogens is 641 g/mol. The quantitative estimate of drug-likeness (QED) is 0.186. The SMILES string of the molecule is c1ccc(-c2cc(-c3ccc(-c4cccc(-c5cccc6c5-c5ccccc5C65c6ccccc6-c6ccccc65)c4)cc3)c3ccccc3n2)nc1. The van der Waals surface area contributed by atoms with Crippen molar-refractivity contribution in [1.82, 2.24) is 9.97 Å². The largest absolute Gasteiger partial charge is 0.255 e. The summed E-state index contributed by atoms with van der Waals surface area (Å²) >= 11 is 0. The Hall–Kier alpha value is -6.90. The van der Waals surface area contributed by atoms with Crippen LogP contribution >= 0.6 is 0 Å². The monoisotopic (exact) mass is 672 g/mol. The fourth-order valence-electron chi connectivity index (χ4n) is 9.15. The summed E-state index contributed by atoms with van der Waals surface area (Å²) in [5.41, 5.74) is 20.3. The molecule has 2 aromatic heterocycles. The van der Waals surface area contributed by atoms with Gasteiger partial charge in [0, 0.05) is 11.6 Å². The maximum Gasteiger partial charge on any atom is 0.0900 e. The molecule has 246 valence electrons. The minimum absolute atomic E-state index is 0.351. The van der Waals surface area contributed by atoms with E-state index in [1.165, 1.54) is 66.8 Å². The van der Waals surface area contributed by atoms with E-state index >= 15 is 0 Å². The second-order valence-corrected chi connectivity index (χ2v) is 14.1. The average Bonchev–Trinajstić information content (AvgIpc) is 3.71. The fraction of sp³-hybridized carbons (Fsp3) is 0.0196. The molecule has 2 aliphatic rings. The van der Waals surface area contributed by atoms with Gasteiger partial charge in [0.15, 0.2) is 0 Å². The fourth-order valence-corrected chi connectivity index (χ4v) is 9.15. The molecular formula is C51H32N2. The van der Waals surface area contributed by atoms with Gasteiger partial charge in [0.2, 0.25) is 0 Å². The van der Waals surface area contributed by atoms with E-state index in [0.29, 0.717) is 0 Å². The number of aromatic nitrogens is 2. The zero-order chi connectivity index (χ0) is 34.9. The molecule has 9 aromatic rings. The van der Waals surface area contributed by atoms with E-state index < -0.39 is 0 Å². The predicted molar refractivity (Wildman–Crippen MR) is 218 cm³/mol. The Morgan fingerprint density at radius 1 is 0.340 bits per heavy atom. The van der Waals surface area contributed by atoms with Gasteiger partial charge in [0.1, 0.15) is 0 Å². The summed E-state index contributed by atoms with van der Waals surface area (Å²) in [5, 5.41) is 1.13. The second kappa shape index (κ2) is 11.6. The van der Waals surface area contributed by atoms with E-state index in [9.17, 15) is 0 Å². The van der Waals surface area contributed by atoms with Crippen molar-refractivity contribution in [2.45, 2.75) is 5.41 Å². The number of pyridine rings is 2. The first-order chi connectivity index (χ1) is 26.3. The van der Waals surface area contributed by atoms with Crippen LogP contribution in [0.2, 0.25) is 0 Å². The lowest BCUT2D eigenvalue weighted by Gasteiger charge is -2.30. The molecule has 2 heterocycles. The van der Waals surface area contributed by atoms with Gasteiger partial charge in [-0.15, -0.1) is 0 Å². The number of nitrogens with zero attached hydrogens (tertiary/aromatic N) is 2. The van der Waals surface area contributed by atoms with Gasteiger partial charge in [-0.2, -0.15) is 0 Å². The van der Waals surface area contributed by atoms with Gasteiger partial charge >= 0.3 is 0 Å². The molecule has 0 bridgehead atoms. The Kier molecular flexibility index (Phi) is 6.50. The third-order valence-electron chi connectivity index (χ3n) is 11.4. The zero-order valence-corrected chi connectivity index (χ0v) is 28.9. The standard InChI is InChI=1S/C51H32N2/c1-5-20-43-38(15-1)39-16-2-6-21-44(39)51(43)45-22-7-3-18-41(45)50-37(19-12-23-46(50)51)36-14-11-13-35(31-36)33-26-28-34(29-27-33)42-32-49(48-25-9-10-30-52-48)53-47-24-8-4-17-40(42)47/h1-32H. The summed E-state index contributed by atoms with van der Waals surface area (Å²) < 4.78 is 0. The Bertz CT molecular complexity index is 2840. The maximum absolute atomic E-state index is 4.96. The maximum atomic E-state index is 4.96. The first-order valence-corrected chi connectivity index (χ1v) is 18.2. The van der Waals surface area contributed by atoms with E-state index in [0.717, 1.165) is 33.4 Å². The second-order valence-electron chi connectivity index (χ2n) is 14.1. The van der Waals surface area contributed by atoms with Gasteiger partial charge in [-0.05, 0) is 108 Å². The number of benzene rings is 7. The van der Waals surface area contributed by atoms with Crippen LogP contribution in [0.4, 0.5) is 0 Å². The van der Waals surface area contributed by atoms with Gasteiger partial charge in [-0.1, -0.05) is 158 Å². The molecule has 0 aliphatic heterocycles. The molecule has 0 fully saturated rings. The molecule has 0 saturated carbocycles. The highest BCUT2D eigenvalue weighted by Gasteiger charge is 2.51. The molecule has 53 heavy (non-hydrogen) atoms. The molecule has 1 spiro atoms. The van der Waals surface area contributed by atoms with Gasteiger partial charge in [0.25, 0.3) is 0 Å². The predicted octanol–water partition coefficient (Wildman–Crippen LogP) is 12.6. The van der Waals surface area contributed by atoms with Crippen molar-refractivity contribution < 1.29 is 0 Å². The smallest absolute Gasteiger partial charge is 0.0900 e. The Morgan fingerprint density at radius 3 is 1.68 bits per heavy atom. The van der Waals surface area contributed by atoms with Crippen molar-refractivity contribution in [3.05, 3.63) is 217 Å². The van der Waals surface area contributed by atoms with E-state index in [-0.39, 0.29) is 5.41 Å². The van der Waals surface area contributed by atoms with Gasteiger partial charge in [-0.25, -0.2) is 4.98 Å². The van der Waals surface area contributed by atoms with Gasteiger partial charge < -0.3 is 0 Å². The molecule has 0 atom stereocenters. The lowest BCUT2D eigenvalue weighted by atomic mass is 9.70. The van der Waals surface area contributed by atoms with Crippen LogP contribution in [0.1, 0.15) is 22.3 Å². The molecule has 2 heteroatoms. The molecule has 0 radical (unpaired) electrons. The highest BCUT2D eigenvalue weighted by Crippen LogP contribution is 2.63. The number of hydrogen-bond donors (Lipinski definition) is 0. The van der Waals surface area contributed by atoms with Crippen LogP contribution in [0.5, 0.6) is 0 Å². The van der Waals surface area contributed by atoms with E-state index in [1.807, 2.05) is 30.5 Å². The lowest BCUT2D eigenvalue weighted by molar-refractivity contribution is 0.794. The van der Waals surface area contributed by atoms with Crippen LogP contribution < -0.4 is 0 Å². The van der Waals surface area contributed by atoms with Gasteiger partial charge in [0.05, 0.1) is 22.3 Å². The Morgan fingerprint density at radius 2 is 0.925 bits per heavy atom. The van der Waals surface area contributed by atoms with Crippen LogP contribution in [-0.4, -0.2) is 9.97 Å². The van der Waals surface area contributed by atoms with Crippen molar-refractivity contribution in [3.8, 4) is 67.0 Å². The number of rotatable bonds is 4. The number of para-hydroxylation sites is 1. The van der Waals surface area contributed by atoms with Gasteiger partial charge in [-0.3, -0.25) is 4.98 Å². The normalized spacial score (nSPS) is 13.1. The van der Waals surface area contributed by atoms with Crippen molar-refractivity contribution in [2.75, 3.05) is 0 Å². The Labute approximate surface area is 308 Å². The van der Waals surface area contributed by atoms with Crippen LogP contribution in [-0.2, 0) is 5.41 Å². The molecule has 7 aromatic carbocycles. The molecule has 0 unspecified atom stereocenters. The Balaban J connectivity index is 1.03. The summed E-state index contributed by atoms with van der Waals surface area (Å²) in [6.07, 6.45) is 1.82. The number of hydrogen-bond acceptors (Lipinski definition) is 2. The lowest BCUT2D eigenvalue weighted by Crippen LogP contribution is -2.25. The van der Waals surface area contributed by atoms with Crippen molar-refractivity contribution in [1.29, 1.82) is 0 Å². The molecule has 0 amide bonds. The molecule has 2 aliphatic carbocycles. The summed E-state index contributed by atoms with van der Waals surface area (Å²) in [5.74, 6) is 0. The third-order valence-corrected chi connectivity index (χ3v) is 11.4. The van der Waals surface area contributed by atoms with Crippen molar-refractivity contribution in [3.63, 3.8) is 0 Å².